The minimum absolute atomic E-state index is 0.0390. The van der Waals surface area contributed by atoms with Crippen LogP contribution in [0.15, 0.2) is 24.3 Å². The number of nitro groups is 1. The predicted octanol–water partition coefficient (Wildman–Crippen LogP) is 3.98. The van der Waals surface area contributed by atoms with Crippen LogP contribution in [0.1, 0.15) is 5.56 Å². The molecule has 1 heterocycles. The average Bonchev–Trinajstić information content (AvgIpc) is 2.37. The number of nitrogens with two attached hydrogens (primary N) is 1. The SMILES string of the molecule is Cc1c(Oc2nc(N)c(Cl)cc2Cl)cccc1[N+](=O)[O-]. The van der Waals surface area contributed by atoms with Crippen molar-refractivity contribution in [3.05, 3.63) is 50.0 Å². The normalized spacial score (nSPS) is 10.3. The molecule has 2 rings (SSSR count). The summed E-state index contributed by atoms with van der Waals surface area (Å²) >= 11 is 11.7. The summed E-state index contributed by atoms with van der Waals surface area (Å²) < 4.78 is 5.48. The predicted molar refractivity (Wildman–Crippen MR) is 76.6 cm³/mol. The zero-order valence-electron chi connectivity index (χ0n) is 10.3. The van der Waals surface area contributed by atoms with Gasteiger partial charge in [-0.15, -0.1) is 0 Å². The number of halogens is 2. The van der Waals surface area contributed by atoms with Gasteiger partial charge in [0.25, 0.3) is 5.69 Å². The maximum atomic E-state index is 10.9. The molecular formula is C12H9Cl2N3O3. The summed E-state index contributed by atoms with van der Waals surface area (Å²) in [5.74, 6) is 0.377. The van der Waals surface area contributed by atoms with E-state index < -0.39 is 4.92 Å². The number of nitro benzene ring substituents is 1. The Balaban J connectivity index is 2.43. The summed E-state index contributed by atoms with van der Waals surface area (Å²) in [5.41, 5.74) is 5.88. The van der Waals surface area contributed by atoms with Crippen LogP contribution in [-0.4, -0.2) is 9.91 Å². The van der Waals surface area contributed by atoms with Crippen molar-refractivity contribution in [2.45, 2.75) is 6.92 Å². The third-order valence-electron chi connectivity index (χ3n) is 2.58. The molecule has 0 saturated heterocycles. The Morgan fingerprint density at radius 1 is 1.35 bits per heavy atom. The number of benzene rings is 1. The summed E-state index contributed by atoms with van der Waals surface area (Å²) in [6, 6.07) is 5.86. The lowest BCUT2D eigenvalue weighted by atomic mass is 10.2. The van der Waals surface area contributed by atoms with Gasteiger partial charge in [0.05, 0.1) is 15.5 Å². The first kappa shape index (κ1) is 14.4. The van der Waals surface area contributed by atoms with Crippen molar-refractivity contribution in [3.8, 4) is 11.6 Å². The van der Waals surface area contributed by atoms with E-state index in [9.17, 15) is 10.1 Å². The minimum Gasteiger partial charge on any atom is -0.437 e. The summed E-state index contributed by atoms with van der Waals surface area (Å²) in [4.78, 5) is 14.3. The first-order chi connectivity index (χ1) is 9.40. The molecule has 0 aliphatic rings. The van der Waals surface area contributed by atoms with Gasteiger partial charge in [-0.2, -0.15) is 4.98 Å². The van der Waals surface area contributed by atoms with Crippen LogP contribution >= 0.6 is 23.2 Å². The minimum atomic E-state index is -0.493. The molecule has 1 aromatic carbocycles. The summed E-state index contributed by atoms with van der Waals surface area (Å²) in [5, 5.41) is 11.2. The maximum absolute atomic E-state index is 10.9. The Hall–Kier alpha value is -2.05. The fraction of sp³-hybridized carbons (Fsp3) is 0.0833. The molecule has 0 bridgehead atoms. The van der Waals surface area contributed by atoms with Crippen molar-refractivity contribution >= 4 is 34.7 Å². The average molecular weight is 314 g/mol. The first-order valence-electron chi connectivity index (χ1n) is 5.43. The highest BCUT2D eigenvalue weighted by Gasteiger charge is 2.16. The number of anilines is 1. The summed E-state index contributed by atoms with van der Waals surface area (Å²) in [6.45, 7) is 1.57. The number of nitrogens with zero attached hydrogens (tertiary/aromatic N) is 2. The van der Waals surface area contributed by atoms with Gasteiger partial charge >= 0.3 is 0 Å². The molecule has 0 amide bonds. The number of hydrogen-bond acceptors (Lipinski definition) is 5. The van der Waals surface area contributed by atoms with E-state index in [1.54, 1.807) is 13.0 Å². The Kier molecular flexibility index (Phi) is 3.96. The lowest BCUT2D eigenvalue weighted by Crippen LogP contribution is -1.98. The lowest BCUT2D eigenvalue weighted by molar-refractivity contribution is -0.385. The Morgan fingerprint density at radius 2 is 2.05 bits per heavy atom. The number of rotatable bonds is 3. The van der Waals surface area contributed by atoms with Gasteiger partial charge in [0.2, 0.25) is 5.88 Å². The monoisotopic (exact) mass is 313 g/mol. The molecule has 20 heavy (non-hydrogen) atoms. The fourth-order valence-electron chi connectivity index (χ4n) is 1.55. The van der Waals surface area contributed by atoms with Gasteiger partial charge < -0.3 is 10.5 Å². The second kappa shape index (κ2) is 5.52. The highest BCUT2D eigenvalue weighted by molar-refractivity contribution is 6.36. The third kappa shape index (κ3) is 2.76. The van der Waals surface area contributed by atoms with Crippen LogP contribution in [-0.2, 0) is 0 Å². The number of nitrogen functional groups attached to an aromatic ring is 1. The first-order valence-corrected chi connectivity index (χ1v) is 6.19. The molecular weight excluding hydrogens is 305 g/mol. The molecule has 0 unspecified atom stereocenters. The molecule has 6 nitrogen and oxygen atoms in total. The van der Waals surface area contributed by atoms with Crippen molar-refractivity contribution in [1.82, 2.24) is 4.98 Å². The molecule has 8 heteroatoms. The molecule has 1 aromatic heterocycles. The van der Waals surface area contributed by atoms with Crippen LogP contribution < -0.4 is 10.5 Å². The molecule has 0 aliphatic heterocycles. The number of aromatic nitrogens is 1. The molecule has 2 N–H and O–H groups in total. The van der Waals surface area contributed by atoms with Gasteiger partial charge in [0, 0.05) is 6.07 Å². The van der Waals surface area contributed by atoms with Crippen molar-refractivity contribution in [1.29, 1.82) is 0 Å². The largest absolute Gasteiger partial charge is 0.437 e. The van der Waals surface area contributed by atoms with Gasteiger partial charge in [0.15, 0.2) is 0 Å². The van der Waals surface area contributed by atoms with E-state index >= 15 is 0 Å². The van der Waals surface area contributed by atoms with Crippen molar-refractivity contribution in [2.24, 2.45) is 0 Å². The van der Waals surface area contributed by atoms with Crippen LogP contribution in [0.5, 0.6) is 11.6 Å². The zero-order valence-corrected chi connectivity index (χ0v) is 11.8. The molecule has 0 radical (unpaired) electrons. The molecule has 0 saturated carbocycles. The number of pyridine rings is 1. The lowest BCUT2D eigenvalue weighted by Gasteiger charge is -2.10. The van der Waals surface area contributed by atoms with E-state index in [1.807, 2.05) is 0 Å². The molecule has 0 aliphatic carbocycles. The second-order valence-electron chi connectivity index (χ2n) is 3.90. The van der Waals surface area contributed by atoms with Gasteiger partial charge in [-0.3, -0.25) is 10.1 Å². The third-order valence-corrected chi connectivity index (χ3v) is 3.16. The van der Waals surface area contributed by atoms with Gasteiger partial charge in [-0.05, 0) is 19.1 Å². The van der Waals surface area contributed by atoms with Crippen LogP contribution in [0, 0.1) is 17.0 Å². The summed E-state index contributed by atoms with van der Waals surface area (Å²) in [7, 11) is 0. The van der Waals surface area contributed by atoms with Crippen LogP contribution in [0.4, 0.5) is 11.5 Å². The Labute approximate surface area is 124 Å². The fourth-order valence-corrected chi connectivity index (χ4v) is 1.95. The van der Waals surface area contributed by atoms with Crippen molar-refractivity contribution in [2.75, 3.05) is 5.73 Å². The van der Waals surface area contributed by atoms with E-state index in [0.29, 0.717) is 5.56 Å². The van der Waals surface area contributed by atoms with Gasteiger partial charge in [-0.1, -0.05) is 29.3 Å². The van der Waals surface area contributed by atoms with E-state index in [0.717, 1.165) is 0 Å². The van der Waals surface area contributed by atoms with Crippen molar-refractivity contribution in [3.63, 3.8) is 0 Å². The highest BCUT2D eigenvalue weighted by Crippen LogP contribution is 2.35. The smallest absolute Gasteiger partial charge is 0.276 e. The van der Waals surface area contributed by atoms with E-state index in [-0.39, 0.29) is 33.2 Å². The van der Waals surface area contributed by atoms with E-state index in [1.165, 1.54) is 18.2 Å². The van der Waals surface area contributed by atoms with E-state index in [2.05, 4.69) is 4.98 Å². The molecule has 0 fully saturated rings. The highest BCUT2D eigenvalue weighted by atomic mass is 35.5. The van der Waals surface area contributed by atoms with Gasteiger partial charge in [-0.25, -0.2) is 0 Å². The maximum Gasteiger partial charge on any atom is 0.276 e. The van der Waals surface area contributed by atoms with Crippen LogP contribution in [0.3, 0.4) is 0 Å². The molecule has 0 spiro atoms. The molecule has 104 valence electrons. The standard InChI is InChI=1S/C12H9Cl2N3O3/c1-6-9(17(18)19)3-2-4-10(6)20-12-8(14)5-7(13)11(15)16-12/h2-5H,1H3,(H2,15,16). The van der Waals surface area contributed by atoms with Crippen molar-refractivity contribution < 1.29 is 9.66 Å². The topological polar surface area (TPSA) is 91.3 Å². The number of ether oxygens (including phenoxy) is 1. The summed E-state index contributed by atoms with van der Waals surface area (Å²) in [6.07, 6.45) is 0. The second-order valence-corrected chi connectivity index (χ2v) is 4.72. The zero-order chi connectivity index (χ0) is 14.9. The van der Waals surface area contributed by atoms with Crippen LogP contribution in [0.25, 0.3) is 0 Å². The number of hydrogen-bond donors (Lipinski definition) is 1. The Morgan fingerprint density at radius 3 is 2.70 bits per heavy atom. The molecule has 2 aromatic rings. The Bertz CT molecular complexity index is 692. The molecule has 0 atom stereocenters. The quantitative estimate of drug-likeness (QED) is 0.683. The van der Waals surface area contributed by atoms with E-state index in [4.69, 9.17) is 33.7 Å². The van der Waals surface area contributed by atoms with Crippen LogP contribution in [0.2, 0.25) is 10.0 Å². The van der Waals surface area contributed by atoms with Gasteiger partial charge in [0.1, 0.15) is 16.6 Å².